The van der Waals surface area contributed by atoms with Crippen molar-refractivity contribution in [1.29, 1.82) is 0 Å². The predicted molar refractivity (Wildman–Crippen MR) is 67.8 cm³/mol. The Hall–Kier alpha value is -1.82. The van der Waals surface area contributed by atoms with Gasteiger partial charge < -0.3 is 18.9 Å². The summed E-state index contributed by atoms with van der Waals surface area (Å²) < 4.78 is 11.8. The minimum atomic E-state index is -0.691. The van der Waals surface area contributed by atoms with Gasteiger partial charge in [0.25, 0.3) is 5.91 Å². The number of hydrogen-bond donors (Lipinski definition) is 0. The average molecular weight is 266 g/mol. The molecule has 2 rings (SSSR count). The molecule has 1 aromatic rings. The Balaban J connectivity index is 2.11. The van der Waals surface area contributed by atoms with Crippen molar-refractivity contribution in [2.24, 2.45) is 7.05 Å². The van der Waals surface area contributed by atoms with Gasteiger partial charge in [-0.15, -0.1) is 0 Å². The van der Waals surface area contributed by atoms with Crippen LogP contribution in [0, 0.1) is 6.92 Å². The lowest BCUT2D eigenvalue weighted by Crippen LogP contribution is -2.49. The van der Waals surface area contributed by atoms with Crippen molar-refractivity contribution in [3.05, 3.63) is 23.5 Å². The lowest BCUT2D eigenvalue weighted by molar-refractivity contribution is -0.158. The van der Waals surface area contributed by atoms with Crippen LogP contribution in [0.5, 0.6) is 0 Å². The van der Waals surface area contributed by atoms with Gasteiger partial charge in [-0.25, -0.2) is 4.79 Å². The average Bonchev–Trinajstić information content (AvgIpc) is 2.77. The molecule has 0 saturated carbocycles. The van der Waals surface area contributed by atoms with Gasteiger partial charge in [-0.2, -0.15) is 0 Å². The van der Waals surface area contributed by atoms with Crippen molar-refractivity contribution in [3.8, 4) is 0 Å². The normalized spacial score (nSPS) is 19.3. The van der Waals surface area contributed by atoms with Crippen LogP contribution in [0.3, 0.4) is 0 Å². The Morgan fingerprint density at radius 1 is 1.42 bits per heavy atom. The summed E-state index contributed by atoms with van der Waals surface area (Å²) in [6.07, 6.45) is -0.691. The standard InChI is InChI=1S/C13H18N2O4/c1-9-4-5-10(14(9)2)12(16)15-6-7-19-11(8-15)13(17)18-3/h4-5,11H,6-8H2,1-3H3. The van der Waals surface area contributed by atoms with Crippen LogP contribution < -0.4 is 0 Å². The lowest BCUT2D eigenvalue weighted by Gasteiger charge is -2.31. The van der Waals surface area contributed by atoms with E-state index < -0.39 is 12.1 Å². The van der Waals surface area contributed by atoms with Gasteiger partial charge >= 0.3 is 5.97 Å². The van der Waals surface area contributed by atoms with Gasteiger partial charge in [0.15, 0.2) is 6.10 Å². The first-order valence-corrected chi connectivity index (χ1v) is 6.15. The molecule has 1 amide bonds. The maximum Gasteiger partial charge on any atom is 0.336 e. The zero-order valence-corrected chi connectivity index (χ0v) is 11.4. The number of nitrogens with zero attached hydrogens (tertiary/aromatic N) is 2. The fraction of sp³-hybridized carbons (Fsp3) is 0.538. The topological polar surface area (TPSA) is 60.8 Å². The van der Waals surface area contributed by atoms with Gasteiger partial charge in [0.2, 0.25) is 0 Å². The highest BCUT2D eigenvalue weighted by atomic mass is 16.6. The molecule has 1 atom stereocenters. The molecule has 2 heterocycles. The van der Waals surface area contributed by atoms with Crippen molar-refractivity contribution < 1.29 is 19.1 Å². The van der Waals surface area contributed by atoms with Crippen LogP contribution in [0.2, 0.25) is 0 Å². The van der Waals surface area contributed by atoms with Crippen LogP contribution in [0.25, 0.3) is 0 Å². The molecule has 6 heteroatoms. The van der Waals surface area contributed by atoms with E-state index in [1.165, 1.54) is 7.11 Å². The van der Waals surface area contributed by atoms with E-state index in [2.05, 4.69) is 4.74 Å². The summed E-state index contributed by atoms with van der Waals surface area (Å²) in [6.45, 7) is 2.99. The molecule has 1 aromatic heterocycles. The van der Waals surface area contributed by atoms with Gasteiger partial charge in [-0.1, -0.05) is 0 Å². The fourth-order valence-corrected chi connectivity index (χ4v) is 2.10. The number of morpholine rings is 1. The number of ether oxygens (including phenoxy) is 2. The van der Waals surface area contributed by atoms with Crippen molar-refractivity contribution in [1.82, 2.24) is 9.47 Å². The number of aryl methyl sites for hydroxylation is 1. The second kappa shape index (κ2) is 5.44. The third-order valence-electron chi connectivity index (χ3n) is 3.41. The summed E-state index contributed by atoms with van der Waals surface area (Å²) in [5.41, 5.74) is 1.63. The number of esters is 1. The number of carbonyl (C=O) groups excluding carboxylic acids is 2. The van der Waals surface area contributed by atoms with Crippen molar-refractivity contribution in [2.45, 2.75) is 13.0 Å². The third-order valence-corrected chi connectivity index (χ3v) is 3.41. The Morgan fingerprint density at radius 3 is 2.74 bits per heavy atom. The Bertz CT molecular complexity index is 495. The summed E-state index contributed by atoms with van der Waals surface area (Å²) in [4.78, 5) is 25.5. The number of amides is 1. The molecule has 0 aromatic carbocycles. The second-order valence-corrected chi connectivity index (χ2v) is 4.55. The number of rotatable bonds is 2. The van der Waals surface area contributed by atoms with E-state index in [9.17, 15) is 9.59 Å². The zero-order valence-electron chi connectivity index (χ0n) is 11.4. The molecular weight excluding hydrogens is 248 g/mol. The number of aromatic nitrogens is 1. The first-order valence-electron chi connectivity index (χ1n) is 6.15. The van der Waals surface area contributed by atoms with Gasteiger partial charge in [-0.05, 0) is 19.1 Å². The minimum Gasteiger partial charge on any atom is -0.467 e. The van der Waals surface area contributed by atoms with Crippen LogP contribution in [0.4, 0.5) is 0 Å². The largest absolute Gasteiger partial charge is 0.467 e. The molecule has 0 N–H and O–H groups in total. The zero-order chi connectivity index (χ0) is 14.0. The van der Waals surface area contributed by atoms with Crippen LogP contribution in [0.1, 0.15) is 16.2 Å². The summed E-state index contributed by atoms with van der Waals surface area (Å²) in [5, 5.41) is 0. The van der Waals surface area contributed by atoms with E-state index in [-0.39, 0.29) is 12.5 Å². The van der Waals surface area contributed by atoms with E-state index in [0.717, 1.165) is 5.69 Å². The number of hydrogen-bond acceptors (Lipinski definition) is 4. The lowest BCUT2D eigenvalue weighted by atomic mass is 10.2. The maximum absolute atomic E-state index is 12.4. The number of carbonyl (C=O) groups is 2. The van der Waals surface area contributed by atoms with Crippen molar-refractivity contribution in [3.63, 3.8) is 0 Å². The van der Waals surface area contributed by atoms with Crippen LogP contribution in [-0.2, 0) is 21.3 Å². The number of methoxy groups -OCH3 is 1. The Labute approximate surface area is 111 Å². The van der Waals surface area contributed by atoms with Crippen LogP contribution >= 0.6 is 0 Å². The molecule has 104 valence electrons. The first kappa shape index (κ1) is 13.6. The third kappa shape index (κ3) is 2.63. The minimum absolute atomic E-state index is 0.0900. The molecule has 1 aliphatic rings. The predicted octanol–water partition coefficient (Wildman–Crippen LogP) is 0.348. The summed E-state index contributed by atoms with van der Waals surface area (Å²) >= 11 is 0. The van der Waals surface area contributed by atoms with E-state index in [0.29, 0.717) is 18.8 Å². The van der Waals surface area contributed by atoms with E-state index in [1.54, 1.807) is 11.0 Å². The molecule has 1 unspecified atom stereocenters. The van der Waals surface area contributed by atoms with Gasteiger partial charge in [-0.3, -0.25) is 4.79 Å². The summed E-state index contributed by atoms with van der Waals surface area (Å²) in [6, 6.07) is 3.69. The smallest absolute Gasteiger partial charge is 0.336 e. The quantitative estimate of drug-likeness (QED) is 0.725. The maximum atomic E-state index is 12.4. The fourth-order valence-electron chi connectivity index (χ4n) is 2.10. The highest BCUT2D eigenvalue weighted by Gasteiger charge is 2.31. The molecule has 0 radical (unpaired) electrons. The molecular formula is C13H18N2O4. The Kier molecular flexibility index (Phi) is 3.90. The summed E-state index contributed by atoms with van der Waals surface area (Å²) in [7, 11) is 3.16. The SMILES string of the molecule is COC(=O)C1CN(C(=O)c2ccc(C)n2C)CCO1. The molecule has 0 aliphatic carbocycles. The highest BCUT2D eigenvalue weighted by molar-refractivity contribution is 5.93. The molecule has 1 aliphatic heterocycles. The monoisotopic (exact) mass is 266 g/mol. The molecule has 1 saturated heterocycles. The molecule has 0 bridgehead atoms. The molecule has 0 spiro atoms. The summed E-state index contributed by atoms with van der Waals surface area (Å²) in [5.74, 6) is -0.534. The van der Waals surface area contributed by atoms with Gasteiger partial charge in [0, 0.05) is 19.3 Å². The van der Waals surface area contributed by atoms with Crippen LogP contribution in [-0.4, -0.2) is 54.3 Å². The van der Waals surface area contributed by atoms with Crippen molar-refractivity contribution >= 4 is 11.9 Å². The van der Waals surface area contributed by atoms with E-state index in [4.69, 9.17) is 4.74 Å². The van der Waals surface area contributed by atoms with E-state index >= 15 is 0 Å². The van der Waals surface area contributed by atoms with Gasteiger partial charge in [0.05, 0.1) is 20.3 Å². The molecule has 6 nitrogen and oxygen atoms in total. The van der Waals surface area contributed by atoms with E-state index in [1.807, 2.05) is 24.6 Å². The Morgan fingerprint density at radius 2 is 2.16 bits per heavy atom. The van der Waals surface area contributed by atoms with Crippen LogP contribution in [0.15, 0.2) is 12.1 Å². The highest BCUT2D eigenvalue weighted by Crippen LogP contribution is 2.13. The van der Waals surface area contributed by atoms with Crippen molar-refractivity contribution in [2.75, 3.05) is 26.8 Å². The molecule has 19 heavy (non-hydrogen) atoms. The first-order chi connectivity index (χ1) is 9.04. The second-order valence-electron chi connectivity index (χ2n) is 4.55. The molecule has 1 fully saturated rings. The van der Waals surface area contributed by atoms with Gasteiger partial charge in [0.1, 0.15) is 5.69 Å².